The molecule has 0 radical (unpaired) electrons. The summed E-state index contributed by atoms with van der Waals surface area (Å²) in [6, 6.07) is 7.77. The van der Waals surface area contributed by atoms with Crippen LogP contribution in [-0.2, 0) is 11.2 Å². The summed E-state index contributed by atoms with van der Waals surface area (Å²) in [7, 11) is 0. The number of benzene rings is 1. The van der Waals surface area contributed by atoms with Crippen LogP contribution in [-0.4, -0.2) is 23.9 Å². The molecule has 0 fully saturated rings. The molecule has 0 aliphatic heterocycles. The molecular weight excluding hydrogens is 298 g/mol. The van der Waals surface area contributed by atoms with Gasteiger partial charge in [0.2, 0.25) is 0 Å². The molecule has 0 saturated carbocycles. The van der Waals surface area contributed by atoms with E-state index in [0.717, 1.165) is 0 Å². The molecule has 1 aromatic heterocycles. The van der Waals surface area contributed by atoms with Gasteiger partial charge in [0.05, 0.1) is 17.9 Å². The Kier molecular flexibility index (Phi) is 5.30. The van der Waals surface area contributed by atoms with Gasteiger partial charge in [-0.05, 0) is 31.2 Å². The second kappa shape index (κ2) is 7.40. The Balaban J connectivity index is 2.21. The number of ether oxygens (including phenoxy) is 1. The van der Waals surface area contributed by atoms with Crippen molar-refractivity contribution >= 4 is 17.9 Å². The number of rotatable bonds is 5. The molecule has 6 nitrogen and oxygen atoms in total. The number of aliphatic imine (C=N–C) groups is 1. The van der Waals surface area contributed by atoms with Gasteiger partial charge in [0.1, 0.15) is 17.1 Å². The van der Waals surface area contributed by atoms with Crippen LogP contribution < -0.4 is 5.63 Å². The summed E-state index contributed by atoms with van der Waals surface area (Å²) < 4.78 is 9.92. The topological polar surface area (TPSA) is 89.1 Å². The molecule has 1 N–H and O–H groups in total. The first kappa shape index (κ1) is 16.5. The molecule has 120 valence electrons. The molecule has 23 heavy (non-hydrogen) atoms. The van der Waals surface area contributed by atoms with Gasteiger partial charge in [0, 0.05) is 18.7 Å². The van der Waals surface area contributed by atoms with Gasteiger partial charge in [0.25, 0.3) is 0 Å². The van der Waals surface area contributed by atoms with E-state index in [-0.39, 0.29) is 11.3 Å². The van der Waals surface area contributed by atoms with Crippen molar-refractivity contribution < 1.29 is 19.1 Å². The van der Waals surface area contributed by atoms with Gasteiger partial charge in [-0.3, -0.25) is 4.99 Å². The average molecular weight is 315 g/mol. The number of hydrogen-bond acceptors (Lipinski definition) is 6. The minimum absolute atomic E-state index is 0.0170. The van der Waals surface area contributed by atoms with Gasteiger partial charge in [-0.25, -0.2) is 9.59 Å². The van der Waals surface area contributed by atoms with Crippen LogP contribution in [0.3, 0.4) is 0 Å². The van der Waals surface area contributed by atoms with Gasteiger partial charge in [-0.15, -0.1) is 0 Å². The number of aryl methyl sites for hydroxylation is 1. The van der Waals surface area contributed by atoms with Crippen LogP contribution in [0.4, 0.5) is 5.69 Å². The first-order valence-corrected chi connectivity index (χ1v) is 7.22. The van der Waals surface area contributed by atoms with Crippen LogP contribution >= 0.6 is 0 Å². The normalized spacial score (nSPS) is 10.9. The highest BCUT2D eigenvalue weighted by Gasteiger charge is 2.09. The van der Waals surface area contributed by atoms with E-state index in [1.54, 1.807) is 31.2 Å². The van der Waals surface area contributed by atoms with Crippen molar-refractivity contribution in [2.75, 3.05) is 6.61 Å². The monoisotopic (exact) mass is 315 g/mol. The van der Waals surface area contributed by atoms with Gasteiger partial charge < -0.3 is 14.3 Å². The summed E-state index contributed by atoms with van der Waals surface area (Å²) in [5.41, 5.74) is 0.280. The molecule has 0 aliphatic rings. The summed E-state index contributed by atoms with van der Waals surface area (Å²) in [6.45, 7) is 3.86. The van der Waals surface area contributed by atoms with E-state index >= 15 is 0 Å². The summed E-state index contributed by atoms with van der Waals surface area (Å²) in [6.07, 6.45) is 1.75. The number of esters is 1. The summed E-state index contributed by atoms with van der Waals surface area (Å²) >= 11 is 0. The van der Waals surface area contributed by atoms with Crippen molar-refractivity contribution in [3.05, 3.63) is 57.6 Å². The van der Waals surface area contributed by atoms with E-state index in [1.165, 1.54) is 12.3 Å². The molecule has 6 heteroatoms. The van der Waals surface area contributed by atoms with Gasteiger partial charge in [-0.2, -0.15) is 0 Å². The van der Waals surface area contributed by atoms with Crippen LogP contribution in [0, 0.1) is 0 Å². The fourth-order valence-corrected chi connectivity index (χ4v) is 1.87. The predicted octanol–water partition coefficient (Wildman–Crippen LogP) is 2.84. The summed E-state index contributed by atoms with van der Waals surface area (Å²) in [5.74, 6) is -0.176. The van der Waals surface area contributed by atoms with Gasteiger partial charge in [0.15, 0.2) is 0 Å². The lowest BCUT2D eigenvalue weighted by Gasteiger charge is -2.02. The number of hydrogen-bond donors (Lipinski definition) is 1. The maximum atomic E-state index is 11.8. The number of carbonyl (C=O) groups is 1. The molecule has 2 rings (SSSR count). The Bertz CT molecular complexity index is 775. The minimum Gasteiger partial charge on any atom is -0.507 e. The SMILES string of the molecule is CCOC(=O)c1ccc(N=Cc2c(O)cc(CC)oc2=O)cc1. The zero-order valence-electron chi connectivity index (χ0n) is 12.9. The van der Waals surface area contributed by atoms with E-state index in [4.69, 9.17) is 9.15 Å². The van der Waals surface area contributed by atoms with Crippen molar-refractivity contribution in [1.29, 1.82) is 0 Å². The van der Waals surface area contributed by atoms with Crippen molar-refractivity contribution in [2.24, 2.45) is 4.99 Å². The van der Waals surface area contributed by atoms with Crippen LogP contribution in [0.1, 0.15) is 35.5 Å². The van der Waals surface area contributed by atoms with Crippen LogP contribution in [0.5, 0.6) is 5.75 Å². The molecule has 0 amide bonds. The molecular formula is C17H17NO5. The molecule has 0 bridgehead atoms. The lowest BCUT2D eigenvalue weighted by Crippen LogP contribution is -2.08. The molecule has 2 aromatic rings. The lowest BCUT2D eigenvalue weighted by atomic mass is 10.2. The second-order valence-electron chi connectivity index (χ2n) is 4.68. The second-order valence-corrected chi connectivity index (χ2v) is 4.68. The van der Waals surface area contributed by atoms with Crippen molar-refractivity contribution in [2.45, 2.75) is 20.3 Å². The molecule has 0 spiro atoms. The standard InChI is InChI=1S/C17H17NO5/c1-3-13-9-15(19)14(17(21)23-13)10-18-12-7-5-11(6-8-12)16(20)22-4-2/h5-10,19H,3-4H2,1-2H3. The highest BCUT2D eigenvalue weighted by molar-refractivity contribution is 5.90. The van der Waals surface area contributed by atoms with Crippen molar-refractivity contribution in [1.82, 2.24) is 0 Å². The quantitative estimate of drug-likeness (QED) is 0.677. The molecule has 0 unspecified atom stereocenters. The van der Waals surface area contributed by atoms with E-state index in [2.05, 4.69) is 4.99 Å². The summed E-state index contributed by atoms with van der Waals surface area (Å²) in [4.78, 5) is 27.4. The molecule has 0 atom stereocenters. The third-order valence-corrected chi connectivity index (χ3v) is 3.09. The van der Waals surface area contributed by atoms with Crippen LogP contribution in [0.15, 0.2) is 44.5 Å². The largest absolute Gasteiger partial charge is 0.507 e. The minimum atomic E-state index is -0.645. The zero-order chi connectivity index (χ0) is 16.8. The smallest absolute Gasteiger partial charge is 0.348 e. The molecule has 1 aromatic carbocycles. The Morgan fingerprint density at radius 2 is 2.00 bits per heavy atom. The average Bonchev–Trinajstić information content (AvgIpc) is 2.54. The van der Waals surface area contributed by atoms with Crippen molar-refractivity contribution in [3.63, 3.8) is 0 Å². The maximum absolute atomic E-state index is 11.8. The summed E-state index contributed by atoms with van der Waals surface area (Å²) in [5, 5.41) is 9.84. The van der Waals surface area contributed by atoms with E-state index in [9.17, 15) is 14.7 Å². The molecule has 0 saturated heterocycles. The number of nitrogens with zero attached hydrogens (tertiary/aromatic N) is 1. The first-order chi connectivity index (χ1) is 11.0. The fourth-order valence-electron chi connectivity index (χ4n) is 1.87. The van der Waals surface area contributed by atoms with E-state index in [0.29, 0.717) is 30.0 Å². The maximum Gasteiger partial charge on any atom is 0.348 e. The molecule has 0 aliphatic carbocycles. The van der Waals surface area contributed by atoms with Gasteiger partial charge >= 0.3 is 11.6 Å². The van der Waals surface area contributed by atoms with E-state index in [1.807, 2.05) is 6.92 Å². The highest BCUT2D eigenvalue weighted by atomic mass is 16.5. The lowest BCUT2D eigenvalue weighted by molar-refractivity contribution is 0.0526. The fraction of sp³-hybridized carbons (Fsp3) is 0.235. The van der Waals surface area contributed by atoms with Crippen molar-refractivity contribution in [3.8, 4) is 5.75 Å². The third kappa shape index (κ3) is 4.06. The predicted molar refractivity (Wildman–Crippen MR) is 85.7 cm³/mol. The Morgan fingerprint density at radius 3 is 2.57 bits per heavy atom. The van der Waals surface area contributed by atoms with Crippen LogP contribution in [0.25, 0.3) is 0 Å². The third-order valence-electron chi connectivity index (χ3n) is 3.09. The Labute approximate surface area is 133 Å². The Morgan fingerprint density at radius 1 is 1.30 bits per heavy atom. The first-order valence-electron chi connectivity index (χ1n) is 7.22. The number of aromatic hydroxyl groups is 1. The highest BCUT2D eigenvalue weighted by Crippen LogP contribution is 2.17. The Hall–Kier alpha value is -2.89. The molecule has 1 heterocycles. The zero-order valence-corrected chi connectivity index (χ0v) is 12.9. The number of carbonyl (C=O) groups excluding carboxylic acids is 1. The van der Waals surface area contributed by atoms with E-state index < -0.39 is 11.6 Å². The van der Waals surface area contributed by atoms with Gasteiger partial charge in [-0.1, -0.05) is 6.92 Å². The van der Waals surface area contributed by atoms with Crippen LogP contribution in [0.2, 0.25) is 0 Å².